The Hall–Kier alpha value is -1.91. The van der Waals surface area contributed by atoms with E-state index in [-0.39, 0.29) is 23.1 Å². The largest absolute Gasteiger partial charge is 0.383 e. The van der Waals surface area contributed by atoms with Crippen LogP contribution < -0.4 is 5.32 Å². The molecule has 0 spiro atoms. The number of benzene rings is 1. The Labute approximate surface area is 93.6 Å². The molecule has 1 N–H and O–H groups in total. The van der Waals surface area contributed by atoms with E-state index >= 15 is 0 Å². The third-order valence-electron chi connectivity index (χ3n) is 2.03. The first-order valence-corrected chi connectivity index (χ1v) is 4.97. The Morgan fingerprint density at radius 1 is 1.44 bits per heavy atom. The summed E-state index contributed by atoms with van der Waals surface area (Å²) >= 11 is 0. The predicted molar refractivity (Wildman–Crippen MR) is 61.9 cm³/mol. The van der Waals surface area contributed by atoms with E-state index in [4.69, 9.17) is 0 Å². The molecule has 0 aliphatic heterocycles. The van der Waals surface area contributed by atoms with Gasteiger partial charge in [-0.25, -0.2) is 0 Å². The summed E-state index contributed by atoms with van der Waals surface area (Å²) in [4.78, 5) is 21.4. The first-order chi connectivity index (χ1) is 7.41. The van der Waals surface area contributed by atoms with Gasteiger partial charge < -0.3 is 5.32 Å². The molecule has 0 bridgehead atoms. The van der Waals surface area contributed by atoms with Crippen LogP contribution in [0.15, 0.2) is 18.2 Å². The fourth-order valence-corrected chi connectivity index (χ4v) is 1.40. The summed E-state index contributed by atoms with van der Waals surface area (Å²) in [6, 6.07) is 4.67. The van der Waals surface area contributed by atoms with Gasteiger partial charge in [-0.15, -0.1) is 0 Å². The van der Waals surface area contributed by atoms with Crippen LogP contribution in [0.4, 0.5) is 11.4 Å². The molecule has 1 aromatic carbocycles. The van der Waals surface area contributed by atoms with Gasteiger partial charge in [0.1, 0.15) is 0 Å². The highest BCUT2D eigenvalue weighted by Gasteiger charge is 2.17. The number of nitro groups is 1. The molecule has 5 nitrogen and oxygen atoms in total. The molecule has 1 aromatic rings. The van der Waals surface area contributed by atoms with Gasteiger partial charge >= 0.3 is 0 Å². The standard InChI is InChI=1S/C11H14N2O3/c1-7(2)12-9-4-5-11(13(15)16)10(6-9)8(3)14/h4-7,12H,1-3H3. The second-order valence-corrected chi connectivity index (χ2v) is 3.84. The number of ketones is 1. The van der Waals surface area contributed by atoms with Crippen LogP contribution >= 0.6 is 0 Å². The van der Waals surface area contributed by atoms with Crippen LogP contribution in [0.2, 0.25) is 0 Å². The molecule has 0 aromatic heterocycles. The topological polar surface area (TPSA) is 72.2 Å². The number of nitro benzene ring substituents is 1. The lowest BCUT2D eigenvalue weighted by molar-refractivity contribution is -0.385. The molecule has 5 heteroatoms. The maximum absolute atomic E-state index is 11.3. The van der Waals surface area contributed by atoms with E-state index < -0.39 is 4.92 Å². The predicted octanol–water partition coefficient (Wildman–Crippen LogP) is 2.62. The first-order valence-electron chi connectivity index (χ1n) is 4.97. The number of carbonyl (C=O) groups is 1. The van der Waals surface area contributed by atoms with Crippen molar-refractivity contribution in [1.29, 1.82) is 0 Å². The monoisotopic (exact) mass is 222 g/mol. The fraction of sp³-hybridized carbons (Fsp3) is 0.364. The molecule has 0 amide bonds. The Bertz CT molecular complexity index is 427. The summed E-state index contributed by atoms with van der Waals surface area (Å²) in [6.07, 6.45) is 0. The van der Waals surface area contributed by atoms with Gasteiger partial charge in [0.2, 0.25) is 0 Å². The highest BCUT2D eigenvalue weighted by atomic mass is 16.6. The highest BCUT2D eigenvalue weighted by molar-refractivity contribution is 5.99. The number of hydrogen-bond donors (Lipinski definition) is 1. The molecule has 16 heavy (non-hydrogen) atoms. The number of rotatable bonds is 4. The summed E-state index contributed by atoms with van der Waals surface area (Å²) in [7, 11) is 0. The summed E-state index contributed by atoms with van der Waals surface area (Å²) in [6.45, 7) is 5.23. The molecule has 0 saturated heterocycles. The molecule has 0 fully saturated rings. The van der Waals surface area contributed by atoms with Gasteiger partial charge in [0.15, 0.2) is 5.78 Å². The van der Waals surface area contributed by atoms with E-state index in [1.165, 1.54) is 19.1 Å². The summed E-state index contributed by atoms with van der Waals surface area (Å²) in [5, 5.41) is 13.8. The van der Waals surface area contributed by atoms with Gasteiger partial charge in [-0.1, -0.05) is 0 Å². The van der Waals surface area contributed by atoms with Gasteiger partial charge in [-0.2, -0.15) is 0 Å². The Morgan fingerprint density at radius 2 is 2.06 bits per heavy atom. The number of carbonyl (C=O) groups excluding carboxylic acids is 1. The lowest BCUT2D eigenvalue weighted by Crippen LogP contribution is -2.10. The third-order valence-corrected chi connectivity index (χ3v) is 2.03. The minimum Gasteiger partial charge on any atom is -0.383 e. The molecule has 1 rings (SSSR count). The minimum atomic E-state index is -0.546. The normalized spacial score (nSPS) is 10.2. The number of Topliss-reactive ketones (excluding diaryl/α,β-unsaturated/α-hetero) is 1. The van der Waals surface area contributed by atoms with E-state index in [0.717, 1.165) is 0 Å². The van der Waals surface area contributed by atoms with E-state index in [1.807, 2.05) is 13.8 Å². The van der Waals surface area contributed by atoms with Crippen molar-refractivity contribution in [3.05, 3.63) is 33.9 Å². The first kappa shape index (κ1) is 12.2. The van der Waals surface area contributed by atoms with Crippen LogP contribution in [-0.2, 0) is 0 Å². The number of hydrogen-bond acceptors (Lipinski definition) is 4. The average Bonchev–Trinajstić information content (AvgIpc) is 2.16. The van der Waals surface area contributed by atoms with Crippen LogP contribution in [0.25, 0.3) is 0 Å². The second-order valence-electron chi connectivity index (χ2n) is 3.84. The SMILES string of the molecule is CC(=O)c1cc(NC(C)C)ccc1[N+](=O)[O-]. The molecular formula is C11H14N2O3. The Morgan fingerprint density at radius 3 is 2.50 bits per heavy atom. The highest BCUT2D eigenvalue weighted by Crippen LogP contribution is 2.23. The molecule has 0 radical (unpaired) electrons. The summed E-state index contributed by atoms with van der Waals surface area (Å²) < 4.78 is 0. The van der Waals surface area contributed by atoms with Crippen LogP contribution in [0.3, 0.4) is 0 Å². The quantitative estimate of drug-likeness (QED) is 0.483. The fourth-order valence-electron chi connectivity index (χ4n) is 1.40. The maximum atomic E-state index is 11.3. The van der Waals surface area contributed by atoms with E-state index in [0.29, 0.717) is 5.69 Å². The molecule has 0 saturated carbocycles. The van der Waals surface area contributed by atoms with Gasteiger partial charge in [0.25, 0.3) is 5.69 Å². The zero-order valence-corrected chi connectivity index (χ0v) is 9.48. The van der Waals surface area contributed by atoms with E-state index in [2.05, 4.69) is 5.32 Å². The second kappa shape index (κ2) is 4.74. The zero-order chi connectivity index (χ0) is 12.3. The van der Waals surface area contributed by atoms with Crippen LogP contribution in [0.5, 0.6) is 0 Å². The van der Waals surface area contributed by atoms with Crippen molar-refractivity contribution < 1.29 is 9.72 Å². The molecule has 0 aliphatic carbocycles. The van der Waals surface area contributed by atoms with Crippen molar-refractivity contribution >= 4 is 17.2 Å². The molecule has 86 valence electrons. The smallest absolute Gasteiger partial charge is 0.280 e. The molecular weight excluding hydrogens is 208 g/mol. The van der Waals surface area contributed by atoms with Crippen LogP contribution in [0.1, 0.15) is 31.1 Å². The van der Waals surface area contributed by atoms with Crippen LogP contribution in [0, 0.1) is 10.1 Å². The number of nitrogens with one attached hydrogen (secondary N) is 1. The lowest BCUT2D eigenvalue weighted by Gasteiger charge is -2.10. The van der Waals surface area contributed by atoms with Crippen molar-refractivity contribution in [2.75, 3.05) is 5.32 Å². The van der Waals surface area contributed by atoms with Crippen molar-refractivity contribution in [1.82, 2.24) is 0 Å². The van der Waals surface area contributed by atoms with E-state index in [1.54, 1.807) is 6.07 Å². The van der Waals surface area contributed by atoms with Gasteiger partial charge in [0.05, 0.1) is 10.5 Å². The lowest BCUT2D eigenvalue weighted by atomic mass is 10.1. The molecule has 0 heterocycles. The Balaban J connectivity index is 3.17. The van der Waals surface area contributed by atoms with Gasteiger partial charge in [-0.3, -0.25) is 14.9 Å². The average molecular weight is 222 g/mol. The van der Waals surface area contributed by atoms with Crippen LogP contribution in [-0.4, -0.2) is 16.7 Å². The molecule has 0 unspecified atom stereocenters. The third kappa shape index (κ3) is 2.79. The van der Waals surface area contributed by atoms with Crippen molar-refractivity contribution in [3.8, 4) is 0 Å². The Kier molecular flexibility index (Phi) is 3.60. The van der Waals surface area contributed by atoms with Crippen molar-refractivity contribution in [2.45, 2.75) is 26.8 Å². The molecule has 0 aliphatic rings. The van der Waals surface area contributed by atoms with Gasteiger partial charge in [-0.05, 0) is 32.9 Å². The minimum absolute atomic E-state index is 0.135. The summed E-state index contributed by atoms with van der Waals surface area (Å²) in [5.74, 6) is -0.306. The van der Waals surface area contributed by atoms with Gasteiger partial charge in [0, 0.05) is 17.8 Å². The number of anilines is 1. The maximum Gasteiger partial charge on any atom is 0.280 e. The summed E-state index contributed by atoms with van der Waals surface area (Å²) in [5.41, 5.74) is 0.697. The molecule has 0 atom stereocenters. The number of nitrogens with zero attached hydrogens (tertiary/aromatic N) is 1. The van der Waals surface area contributed by atoms with Crippen molar-refractivity contribution in [3.63, 3.8) is 0 Å². The van der Waals surface area contributed by atoms with E-state index in [9.17, 15) is 14.9 Å². The van der Waals surface area contributed by atoms with Crippen molar-refractivity contribution in [2.24, 2.45) is 0 Å². The zero-order valence-electron chi connectivity index (χ0n) is 9.48.